The maximum absolute atomic E-state index is 13.3. The average Bonchev–Trinajstić information content (AvgIpc) is 2.92. The molecule has 2 aromatic heterocycles. The van der Waals surface area contributed by atoms with Gasteiger partial charge >= 0.3 is 18.0 Å². The lowest BCUT2D eigenvalue weighted by atomic mass is 10.2. The van der Waals surface area contributed by atoms with Crippen LogP contribution in [0.5, 0.6) is 0 Å². The maximum atomic E-state index is 13.3. The molecule has 0 aliphatic rings. The summed E-state index contributed by atoms with van der Waals surface area (Å²) < 4.78 is 44.7. The van der Waals surface area contributed by atoms with Gasteiger partial charge in [-0.1, -0.05) is 0 Å². The topological polar surface area (TPSA) is 100 Å². The van der Waals surface area contributed by atoms with Gasteiger partial charge < -0.3 is 14.9 Å². The molecule has 0 unspecified atom stereocenters. The lowest BCUT2D eigenvalue weighted by Crippen LogP contribution is -2.19. The number of alkyl halides is 3. The molecule has 0 aliphatic carbocycles. The second-order valence-corrected chi connectivity index (χ2v) is 4.14. The second kappa shape index (κ2) is 6.02. The van der Waals surface area contributed by atoms with E-state index in [0.29, 0.717) is 6.20 Å². The largest absolute Gasteiger partial charge is 0.462 e. The molecule has 0 saturated heterocycles. The lowest BCUT2D eigenvalue weighted by Gasteiger charge is -2.12. The van der Waals surface area contributed by atoms with Crippen LogP contribution in [-0.4, -0.2) is 32.3 Å². The molecular weight excluding hydrogens is 321 g/mol. The first-order valence-electron chi connectivity index (χ1n) is 6.19. The van der Waals surface area contributed by atoms with Gasteiger partial charge in [-0.2, -0.15) is 18.3 Å². The Morgan fingerprint density at radius 2 is 2.17 bits per heavy atom. The summed E-state index contributed by atoms with van der Waals surface area (Å²) in [6.45, 7) is 1.30. The van der Waals surface area contributed by atoms with Gasteiger partial charge in [0.05, 0.1) is 12.8 Å². The number of pyridine rings is 1. The minimum atomic E-state index is -4.98. The normalized spacial score (nSPS) is 11.3. The van der Waals surface area contributed by atoms with Crippen LogP contribution in [0.15, 0.2) is 24.5 Å². The van der Waals surface area contributed by atoms with Gasteiger partial charge in [-0.05, 0) is 29.0 Å². The van der Waals surface area contributed by atoms with E-state index >= 15 is 0 Å². The van der Waals surface area contributed by atoms with Crippen LogP contribution in [-0.2, 0) is 10.9 Å². The van der Waals surface area contributed by atoms with E-state index in [-0.39, 0.29) is 11.3 Å². The number of hydrogen-bond donors (Lipinski definition) is 0. The van der Waals surface area contributed by atoms with Crippen LogP contribution in [0, 0.1) is 10.1 Å². The summed E-state index contributed by atoms with van der Waals surface area (Å²) in [5, 5.41) is 14.4. The molecular formula is C12H9F3N4O4. The highest BCUT2D eigenvalue weighted by Crippen LogP contribution is 2.35. The fraction of sp³-hybridized carbons (Fsp3) is 0.250. The SMILES string of the molecule is CCOC(=O)c1cnn(-c2cccnc2[N+](=O)[O-])c1C(F)(F)F. The van der Waals surface area contributed by atoms with E-state index in [1.165, 1.54) is 13.0 Å². The smallest absolute Gasteiger partial charge is 0.434 e. The van der Waals surface area contributed by atoms with Gasteiger partial charge in [0.1, 0.15) is 11.8 Å². The van der Waals surface area contributed by atoms with Crippen molar-refractivity contribution < 1.29 is 27.6 Å². The van der Waals surface area contributed by atoms with Gasteiger partial charge in [-0.15, -0.1) is 0 Å². The Labute approximate surface area is 126 Å². The average molecular weight is 330 g/mol. The van der Waals surface area contributed by atoms with Gasteiger partial charge in [0.25, 0.3) is 0 Å². The van der Waals surface area contributed by atoms with Crippen LogP contribution >= 0.6 is 0 Å². The highest BCUT2D eigenvalue weighted by atomic mass is 19.4. The molecule has 0 bridgehead atoms. The summed E-state index contributed by atoms with van der Waals surface area (Å²) in [4.78, 5) is 25.1. The van der Waals surface area contributed by atoms with E-state index in [4.69, 9.17) is 0 Å². The van der Waals surface area contributed by atoms with E-state index in [0.717, 1.165) is 12.3 Å². The Kier molecular flexibility index (Phi) is 4.29. The van der Waals surface area contributed by atoms with Gasteiger partial charge in [-0.25, -0.2) is 9.48 Å². The van der Waals surface area contributed by atoms with Crippen molar-refractivity contribution in [2.75, 3.05) is 6.61 Å². The molecule has 23 heavy (non-hydrogen) atoms. The first-order valence-corrected chi connectivity index (χ1v) is 6.19. The van der Waals surface area contributed by atoms with Crippen molar-refractivity contribution in [1.29, 1.82) is 0 Å². The predicted octanol–water partition coefficient (Wildman–Crippen LogP) is 2.37. The molecule has 11 heteroatoms. The minimum Gasteiger partial charge on any atom is -0.462 e. The van der Waals surface area contributed by atoms with E-state index < -0.39 is 39.8 Å². The number of carbonyl (C=O) groups excluding carboxylic acids is 1. The third-order valence-corrected chi connectivity index (χ3v) is 2.70. The van der Waals surface area contributed by atoms with Crippen molar-refractivity contribution in [1.82, 2.24) is 14.8 Å². The zero-order valence-corrected chi connectivity index (χ0v) is 11.6. The molecule has 0 saturated carbocycles. The lowest BCUT2D eigenvalue weighted by molar-refractivity contribution is -0.389. The first kappa shape index (κ1) is 16.4. The van der Waals surface area contributed by atoms with E-state index in [1.54, 1.807) is 0 Å². The zero-order valence-electron chi connectivity index (χ0n) is 11.6. The van der Waals surface area contributed by atoms with Crippen LogP contribution in [0.1, 0.15) is 23.0 Å². The van der Waals surface area contributed by atoms with Crippen molar-refractivity contribution in [3.05, 3.63) is 45.9 Å². The molecule has 8 nitrogen and oxygen atoms in total. The molecule has 0 spiro atoms. The Bertz CT molecular complexity index is 757. The van der Waals surface area contributed by atoms with Crippen LogP contribution < -0.4 is 0 Å². The number of halogens is 3. The monoisotopic (exact) mass is 330 g/mol. The molecule has 2 rings (SSSR count). The number of carbonyl (C=O) groups is 1. The number of esters is 1. The maximum Gasteiger partial charge on any atom is 0.434 e. The molecule has 0 aromatic carbocycles. The Balaban J connectivity index is 2.70. The molecule has 0 N–H and O–H groups in total. The minimum absolute atomic E-state index is 0.131. The van der Waals surface area contributed by atoms with Gasteiger partial charge in [0, 0.05) is 0 Å². The molecule has 2 aromatic rings. The molecule has 0 atom stereocenters. The number of rotatable bonds is 4. The molecule has 0 aliphatic heterocycles. The van der Waals surface area contributed by atoms with Crippen molar-refractivity contribution >= 4 is 11.8 Å². The quantitative estimate of drug-likeness (QED) is 0.485. The number of hydrogen-bond acceptors (Lipinski definition) is 6. The highest BCUT2D eigenvalue weighted by Gasteiger charge is 2.42. The summed E-state index contributed by atoms with van der Waals surface area (Å²) in [7, 11) is 0. The molecule has 122 valence electrons. The Hall–Kier alpha value is -2.98. The predicted molar refractivity (Wildman–Crippen MR) is 69.0 cm³/mol. The number of nitrogens with zero attached hydrogens (tertiary/aromatic N) is 4. The molecule has 0 radical (unpaired) electrons. The molecule has 0 amide bonds. The zero-order chi connectivity index (χ0) is 17.2. The fourth-order valence-corrected chi connectivity index (χ4v) is 1.86. The van der Waals surface area contributed by atoms with Gasteiger partial charge in [0.15, 0.2) is 11.4 Å². The van der Waals surface area contributed by atoms with Crippen LogP contribution in [0.2, 0.25) is 0 Å². The summed E-state index contributed by atoms with van der Waals surface area (Å²) in [6.07, 6.45) is -3.27. The fourth-order valence-electron chi connectivity index (χ4n) is 1.86. The van der Waals surface area contributed by atoms with Crippen LogP contribution in [0.4, 0.5) is 19.0 Å². The van der Waals surface area contributed by atoms with E-state index in [1.807, 2.05) is 0 Å². The summed E-state index contributed by atoms with van der Waals surface area (Å²) >= 11 is 0. The Morgan fingerprint density at radius 1 is 1.48 bits per heavy atom. The van der Waals surface area contributed by atoms with Crippen molar-refractivity contribution in [2.24, 2.45) is 0 Å². The third kappa shape index (κ3) is 3.12. The highest BCUT2D eigenvalue weighted by molar-refractivity contribution is 5.90. The summed E-state index contributed by atoms with van der Waals surface area (Å²) in [5.74, 6) is -2.05. The first-order chi connectivity index (χ1) is 10.8. The summed E-state index contributed by atoms with van der Waals surface area (Å²) in [6, 6.07) is 2.26. The van der Waals surface area contributed by atoms with Gasteiger partial charge in [0.2, 0.25) is 0 Å². The van der Waals surface area contributed by atoms with E-state index in [9.17, 15) is 28.1 Å². The molecule has 0 fully saturated rings. The second-order valence-electron chi connectivity index (χ2n) is 4.14. The standard InChI is InChI=1S/C12H9F3N4O4/c1-2-23-11(20)7-6-17-18(9(7)12(13,14)15)8-4-3-5-16-10(8)19(21)22/h3-6H,2H2,1H3. The van der Waals surface area contributed by atoms with Crippen molar-refractivity contribution in [2.45, 2.75) is 13.1 Å². The van der Waals surface area contributed by atoms with Crippen molar-refractivity contribution in [3.63, 3.8) is 0 Å². The number of aromatic nitrogens is 3. The van der Waals surface area contributed by atoms with Crippen LogP contribution in [0.3, 0.4) is 0 Å². The van der Waals surface area contributed by atoms with Crippen molar-refractivity contribution in [3.8, 4) is 5.69 Å². The Morgan fingerprint density at radius 3 is 2.74 bits per heavy atom. The van der Waals surface area contributed by atoms with Gasteiger partial charge in [-0.3, -0.25) is 0 Å². The summed E-state index contributed by atoms with van der Waals surface area (Å²) in [5.41, 5.74) is -2.81. The molecule has 2 heterocycles. The third-order valence-electron chi connectivity index (χ3n) is 2.70. The van der Waals surface area contributed by atoms with E-state index in [2.05, 4.69) is 14.8 Å². The number of ether oxygens (including phenoxy) is 1. The number of nitro groups is 1. The van der Waals surface area contributed by atoms with Crippen LogP contribution in [0.25, 0.3) is 5.69 Å².